The minimum atomic E-state index is -5.26. The second kappa shape index (κ2) is 21.3. The lowest BCUT2D eigenvalue weighted by Crippen LogP contribution is -2.45. The highest BCUT2D eigenvalue weighted by Gasteiger charge is 2.63. The summed E-state index contributed by atoms with van der Waals surface area (Å²) >= 11 is 6.73. The van der Waals surface area contributed by atoms with E-state index in [0.717, 1.165) is 55.9 Å². The molecule has 81 heavy (non-hydrogen) atoms. The van der Waals surface area contributed by atoms with Crippen LogP contribution in [0.4, 0.5) is 60.3 Å². The Labute approximate surface area is 458 Å². The Balaban J connectivity index is 1.36. The number of sulfone groups is 1. The number of halogens is 11. The zero-order chi connectivity index (χ0) is 59.9. The fraction of sp³-hybridized carbons (Fsp3) is 0.375. The van der Waals surface area contributed by atoms with Crippen molar-refractivity contribution in [3.8, 4) is 23.0 Å². The first-order valence-electron chi connectivity index (χ1n) is 23.5. The molecule has 434 valence electrons. The highest BCUT2D eigenvalue weighted by atomic mass is 35.5. The van der Waals surface area contributed by atoms with Crippen LogP contribution >= 0.6 is 19.4 Å². The third-order valence-corrected chi connectivity index (χ3v) is 17.1. The van der Waals surface area contributed by atoms with Gasteiger partial charge in [-0.05, 0) is 86.9 Å². The number of carbonyl (C=O) groups excluding carboxylic acids is 2. The van der Waals surface area contributed by atoms with E-state index >= 15 is 8.78 Å². The van der Waals surface area contributed by atoms with Crippen molar-refractivity contribution in [1.29, 1.82) is 0 Å². The molecule has 6 aromatic rings. The number of aromatic nitrogens is 6. The Morgan fingerprint density at radius 3 is 2.19 bits per heavy atom. The zero-order valence-corrected chi connectivity index (χ0v) is 45.7. The number of pyridine rings is 2. The molecule has 4 heterocycles. The summed E-state index contributed by atoms with van der Waals surface area (Å²) in [4.78, 5) is 56.6. The van der Waals surface area contributed by atoms with Gasteiger partial charge >= 0.3 is 26.2 Å². The van der Waals surface area contributed by atoms with E-state index in [1.165, 1.54) is 26.0 Å². The fourth-order valence-electron chi connectivity index (χ4n) is 9.38. The summed E-state index contributed by atoms with van der Waals surface area (Å²) in [5.41, 5.74) is -6.54. The first-order chi connectivity index (χ1) is 37.3. The smallest absolute Gasteiger partial charge is 0.346 e. The van der Waals surface area contributed by atoms with Gasteiger partial charge in [0.05, 0.1) is 40.5 Å². The molecule has 3 atom stereocenters. The molecule has 0 radical (unpaired) electrons. The number of benzene rings is 2. The number of hydrogen-bond donors (Lipinski definition) is 3. The van der Waals surface area contributed by atoms with E-state index in [-0.39, 0.29) is 48.9 Å². The number of alkyl halides is 8. The van der Waals surface area contributed by atoms with Crippen molar-refractivity contribution < 1.29 is 89.2 Å². The number of phosphoric ester groups is 1. The van der Waals surface area contributed by atoms with Crippen LogP contribution in [0.5, 0.6) is 0 Å². The molecule has 0 bridgehead atoms. The van der Waals surface area contributed by atoms with E-state index in [1.807, 2.05) is 0 Å². The molecule has 1 saturated carbocycles. The summed E-state index contributed by atoms with van der Waals surface area (Å²) in [7, 11) is -13.2. The molecule has 2 aliphatic carbocycles. The predicted molar refractivity (Wildman–Crippen MR) is 270 cm³/mol. The predicted octanol–water partition coefficient (Wildman–Crippen LogP) is 8.71. The molecule has 0 aliphatic heterocycles. The van der Waals surface area contributed by atoms with Gasteiger partial charge in [0.25, 0.3) is 5.92 Å². The molecule has 4 aromatic heterocycles. The standard InChI is InChI=1S/C48H43ClF10N9O10PS2/c1-45(2,80(4,74)75)15-14-28-8-9-29(38(61-28)34(19-24-17-26(50)20-27(51)18-24)62-35(69)21-66-41-36(40(63-66)48(57,58)59)31-10-12-32(31)47(41,55)56)30-11-13-33(49)37-39(30)67(23-46(52,53)54)64-43(37)68(81(5,76)77)44(70)65(3)42-25(7-6-16-60-42)22-78-79(71,72)73/h6-9,11,13,16-18,20,31-32,34H,10,12,19,21-23H2,1-5H3,(H,62,69)(H2,71,72,73)/t31-,32+,34-/m0/s1. The summed E-state index contributed by atoms with van der Waals surface area (Å²) < 4.78 is 217. The van der Waals surface area contributed by atoms with Gasteiger partial charge in [0.15, 0.2) is 21.3 Å². The van der Waals surface area contributed by atoms with Gasteiger partial charge in [0.1, 0.15) is 46.7 Å². The van der Waals surface area contributed by atoms with Crippen LogP contribution in [0.1, 0.15) is 78.1 Å². The van der Waals surface area contributed by atoms with Crippen LogP contribution in [0.25, 0.3) is 22.0 Å². The van der Waals surface area contributed by atoms with E-state index in [0.29, 0.717) is 17.2 Å². The molecular formula is C48H43ClF10N9O10PS2. The van der Waals surface area contributed by atoms with Gasteiger partial charge in [-0.2, -0.15) is 49.6 Å². The van der Waals surface area contributed by atoms with E-state index < -0.39 is 174 Å². The SMILES string of the molecule is CN(C(=O)N(c1nn(CC(F)(F)F)c2c(-c3ccc(C#CC(C)(C)S(C)(=O)=O)nc3[C@H](Cc3cc(F)cc(F)c3)NC(=O)Cn3nc(C(F)(F)F)c4c3C(F)(F)[C@@H]3CC[C@H]43)ccc(Cl)c12)S(C)(=O)=O)c1ncccc1COP(=O)(O)O. The molecule has 2 aromatic carbocycles. The number of amides is 3. The molecule has 1 fully saturated rings. The topological polar surface area (TPSA) is 249 Å². The second-order valence-corrected chi connectivity index (χ2v) is 25.5. The van der Waals surface area contributed by atoms with Crippen molar-refractivity contribution in [2.24, 2.45) is 5.92 Å². The van der Waals surface area contributed by atoms with E-state index in [2.05, 4.69) is 41.8 Å². The molecule has 0 unspecified atom stereocenters. The summed E-state index contributed by atoms with van der Waals surface area (Å²) in [6.07, 6.45) is -9.03. The summed E-state index contributed by atoms with van der Waals surface area (Å²) in [5.74, 6) is -6.90. The Morgan fingerprint density at radius 2 is 1.60 bits per heavy atom. The molecule has 3 amide bonds. The Kier molecular flexibility index (Phi) is 15.9. The molecule has 19 nitrogen and oxygen atoms in total. The van der Waals surface area contributed by atoms with Crippen LogP contribution in [0.2, 0.25) is 5.02 Å². The van der Waals surface area contributed by atoms with Crippen molar-refractivity contribution in [3.05, 3.63) is 117 Å². The van der Waals surface area contributed by atoms with Gasteiger partial charge < -0.3 is 15.1 Å². The molecule has 0 saturated heterocycles. The number of anilines is 2. The maximum absolute atomic E-state index is 15.9. The minimum Gasteiger partial charge on any atom is -0.346 e. The van der Waals surface area contributed by atoms with Gasteiger partial charge in [-0.15, -0.1) is 0 Å². The molecular weight excluding hydrogens is 1180 g/mol. The number of rotatable bonds is 15. The van der Waals surface area contributed by atoms with Crippen LogP contribution in [-0.2, 0) is 72.0 Å². The summed E-state index contributed by atoms with van der Waals surface area (Å²) in [5, 5.41) is 8.54. The summed E-state index contributed by atoms with van der Waals surface area (Å²) in [6.45, 7) is -1.89. The summed E-state index contributed by atoms with van der Waals surface area (Å²) in [6, 6.07) is 5.29. The van der Waals surface area contributed by atoms with Gasteiger partial charge in [0.2, 0.25) is 15.9 Å². The highest BCUT2D eigenvalue weighted by Crippen LogP contribution is 2.64. The third kappa shape index (κ3) is 12.4. The lowest BCUT2D eigenvalue weighted by Gasteiger charge is -2.34. The Hall–Kier alpha value is -6.68. The number of carbonyl (C=O) groups is 2. The third-order valence-electron chi connectivity index (χ3n) is 13.3. The van der Waals surface area contributed by atoms with E-state index in [4.69, 9.17) is 11.6 Å². The van der Waals surface area contributed by atoms with Crippen molar-refractivity contribution >= 4 is 73.8 Å². The highest BCUT2D eigenvalue weighted by molar-refractivity contribution is 7.93. The van der Waals surface area contributed by atoms with Crippen molar-refractivity contribution in [1.82, 2.24) is 34.8 Å². The maximum Gasteiger partial charge on any atom is 0.469 e. The average molecular weight is 1230 g/mol. The normalized spacial score (nSPS) is 16.7. The lowest BCUT2D eigenvalue weighted by molar-refractivity contribution is -0.144. The molecule has 33 heteroatoms. The number of fused-ring (bicyclic) bond motifs is 4. The van der Waals surface area contributed by atoms with Crippen LogP contribution in [0.3, 0.4) is 0 Å². The van der Waals surface area contributed by atoms with Crippen LogP contribution in [0, 0.1) is 29.4 Å². The van der Waals surface area contributed by atoms with Crippen molar-refractivity contribution in [2.75, 3.05) is 28.8 Å². The molecule has 0 spiro atoms. The maximum atomic E-state index is 15.9. The van der Waals surface area contributed by atoms with Gasteiger partial charge in [-0.3, -0.25) is 23.6 Å². The van der Waals surface area contributed by atoms with Gasteiger partial charge in [0, 0.05) is 53.7 Å². The van der Waals surface area contributed by atoms with Gasteiger partial charge in [-0.25, -0.2) is 44.9 Å². The monoisotopic (exact) mass is 1230 g/mol. The zero-order valence-electron chi connectivity index (χ0n) is 42.4. The van der Waals surface area contributed by atoms with Crippen molar-refractivity contribution in [3.63, 3.8) is 0 Å². The first-order valence-corrected chi connectivity index (χ1v) is 29.1. The van der Waals surface area contributed by atoms with Crippen LogP contribution in [-0.4, -0.2) is 98.6 Å². The Morgan fingerprint density at radius 1 is 0.951 bits per heavy atom. The molecule has 3 N–H and O–H groups in total. The lowest BCUT2D eigenvalue weighted by atomic mass is 9.73. The second-order valence-electron chi connectivity index (χ2n) is 19.5. The number of nitrogens with zero attached hydrogens (tertiary/aromatic N) is 8. The quantitative estimate of drug-likeness (QED) is 0.0494. The minimum absolute atomic E-state index is 0.0394. The average Bonchev–Trinajstić information content (AvgIpc) is 2.84. The Bertz CT molecular complexity index is 3880. The van der Waals surface area contributed by atoms with E-state index in [9.17, 15) is 75.9 Å². The number of urea groups is 1. The van der Waals surface area contributed by atoms with Crippen LogP contribution in [0.15, 0.2) is 60.8 Å². The number of sulfonamides is 1. The largest absolute Gasteiger partial charge is 0.469 e. The van der Waals surface area contributed by atoms with Gasteiger partial charge in [-0.1, -0.05) is 29.7 Å². The number of phosphoric acid groups is 1. The van der Waals surface area contributed by atoms with E-state index in [1.54, 1.807) is 0 Å². The molecule has 2 aliphatic rings. The number of nitrogens with one attached hydrogen (secondary N) is 1. The van der Waals surface area contributed by atoms with Crippen molar-refractivity contribution in [2.45, 2.75) is 87.8 Å². The van der Waals surface area contributed by atoms with Crippen LogP contribution < -0.4 is 14.5 Å². The fourth-order valence-corrected chi connectivity index (χ4v) is 11.0. The first kappa shape index (κ1) is 60.4. The molecule has 8 rings (SSSR count). The number of hydrogen-bond acceptors (Lipinski definition) is 12.